The number of carbonyl (C=O) groups excluding carboxylic acids is 3. The van der Waals surface area contributed by atoms with Crippen molar-refractivity contribution >= 4 is 23.6 Å². The molecular formula is C22H31F3N4O5. The van der Waals surface area contributed by atoms with Crippen LogP contribution in [0.25, 0.3) is 0 Å². The average molecular weight is 489 g/mol. The Kier molecular flexibility index (Phi) is 9.54. The second-order valence-corrected chi connectivity index (χ2v) is 8.91. The molecule has 12 heteroatoms. The maximum atomic E-state index is 12.5. The van der Waals surface area contributed by atoms with Crippen molar-refractivity contribution in [2.75, 3.05) is 38.0 Å². The van der Waals surface area contributed by atoms with Crippen molar-refractivity contribution < 1.29 is 37.0 Å². The van der Waals surface area contributed by atoms with Crippen molar-refractivity contribution in [3.63, 3.8) is 0 Å². The van der Waals surface area contributed by atoms with E-state index in [-0.39, 0.29) is 43.1 Å². The lowest BCUT2D eigenvalue weighted by atomic mass is 9.97. The number of nitrogens with zero attached hydrogens (tertiary/aromatic N) is 1. The lowest BCUT2D eigenvalue weighted by molar-refractivity contribution is -0.274. The summed E-state index contributed by atoms with van der Waals surface area (Å²) in [6.07, 6.45) is -3.91. The van der Waals surface area contributed by atoms with E-state index < -0.39 is 18.1 Å². The number of hydrogen-bond acceptors (Lipinski definition) is 6. The Morgan fingerprint density at radius 3 is 2.32 bits per heavy atom. The molecule has 1 atom stereocenters. The Bertz CT molecular complexity index is 840. The maximum absolute atomic E-state index is 12.5. The summed E-state index contributed by atoms with van der Waals surface area (Å²) in [5, 5.41) is 7.97. The van der Waals surface area contributed by atoms with Gasteiger partial charge in [0.1, 0.15) is 11.4 Å². The number of halogens is 3. The van der Waals surface area contributed by atoms with Crippen molar-refractivity contribution in [3.8, 4) is 5.75 Å². The van der Waals surface area contributed by atoms with Crippen LogP contribution in [-0.2, 0) is 14.3 Å². The Morgan fingerprint density at radius 2 is 1.71 bits per heavy atom. The Labute approximate surface area is 196 Å². The number of piperidine rings is 1. The molecule has 1 aliphatic rings. The molecule has 9 nitrogen and oxygen atoms in total. The van der Waals surface area contributed by atoms with Crippen LogP contribution in [0, 0.1) is 5.92 Å². The number of alkyl halides is 3. The fourth-order valence-corrected chi connectivity index (χ4v) is 3.37. The summed E-state index contributed by atoms with van der Waals surface area (Å²) in [5.41, 5.74) is -0.265. The number of likely N-dealkylation sites (tertiary alicyclic amines) is 1. The SMILES string of the molecule is CC(C)(C)OC(=O)NCCNC(=O)C1CCCN(CC(=O)Nc2ccc(OC(F)(F)F)cc2)C1. The molecule has 1 aliphatic heterocycles. The van der Waals surface area contributed by atoms with Gasteiger partial charge in [0.25, 0.3) is 0 Å². The van der Waals surface area contributed by atoms with E-state index in [0.29, 0.717) is 25.2 Å². The van der Waals surface area contributed by atoms with Gasteiger partial charge in [0.2, 0.25) is 11.8 Å². The number of nitrogens with one attached hydrogen (secondary N) is 3. The zero-order valence-corrected chi connectivity index (χ0v) is 19.5. The summed E-state index contributed by atoms with van der Waals surface area (Å²) < 4.78 is 45.6. The van der Waals surface area contributed by atoms with Gasteiger partial charge in [-0.2, -0.15) is 0 Å². The first-order chi connectivity index (χ1) is 15.8. The van der Waals surface area contributed by atoms with Crippen LogP contribution in [0.4, 0.5) is 23.7 Å². The van der Waals surface area contributed by atoms with Gasteiger partial charge in [-0.25, -0.2) is 4.79 Å². The number of carbonyl (C=O) groups is 3. The Hall–Kier alpha value is -3.02. The van der Waals surface area contributed by atoms with Crippen LogP contribution in [-0.4, -0.2) is 67.5 Å². The third kappa shape index (κ3) is 10.7. The minimum Gasteiger partial charge on any atom is -0.444 e. The molecule has 0 spiro atoms. The van der Waals surface area contributed by atoms with Crippen LogP contribution < -0.4 is 20.7 Å². The Balaban J connectivity index is 1.72. The number of benzene rings is 1. The molecule has 0 aliphatic carbocycles. The highest BCUT2D eigenvalue weighted by molar-refractivity contribution is 5.92. The molecule has 34 heavy (non-hydrogen) atoms. The molecule has 0 radical (unpaired) electrons. The quantitative estimate of drug-likeness (QED) is 0.486. The molecule has 1 unspecified atom stereocenters. The average Bonchev–Trinajstić information content (AvgIpc) is 2.70. The third-order valence-corrected chi connectivity index (χ3v) is 4.71. The summed E-state index contributed by atoms with van der Waals surface area (Å²) in [4.78, 5) is 38.2. The number of anilines is 1. The summed E-state index contributed by atoms with van der Waals surface area (Å²) in [6.45, 7) is 6.85. The van der Waals surface area contributed by atoms with Crippen molar-refractivity contribution in [1.82, 2.24) is 15.5 Å². The highest BCUT2D eigenvalue weighted by Crippen LogP contribution is 2.24. The molecular weight excluding hydrogens is 457 g/mol. The third-order valence-electron chi connectivity index (χ3n) is 4.71. The van der Waals surface area contributed by atoms with Crippen LogP contribution in [0.15, 0.2) is 24.3 Å². The number of alkyl carbamates (subject to hydrolysis) is 1. The van der Waals surface area contributed by atoms with Crippen molar-refractivity contribution in [2.45, 2.75) is 45.6 Å². The fraction of sp³-hybridized carbons (Fsp3) is 0.591. The van der Waals surface area contributed by atoms with Crippen LogP contribution in [0.5, 0.6) is 5.75 Å². The first-order valence-corrected chi connectivity index (χ1v) is 10.9. The van der Waals surface area contributed by atoms with E-state index in [2.05, 4.69) is 20.7 Å². The molecule has 3 N–H and O–H groups in total. The molecule has 0 bridgehead atoms. The van der Waals surface area contributed by atoms with Gasteiger partial charge in [0.15, 0.2) is 0 Å². The van der Waals surface area contributed by atoms with E-state index in [1.54, 1.807) is 20.8 Å². The number of ether oxygens (including phenoxy) is 2. The fourth-order valence-electron chi connectivity index (χ4n) is 3.37. The van der Waals surface area contributed by atoms with E-state index in [4.69, 9.17) is 4.74 Å². The summed E-state index contributed by atoms with van der Waals surface area (Å²) in [5.74, 6) is -1.16. The van der Waals surface area contributed by atoms with E-state index >= 15 is 0 Å². The smallest absolute Gasteiger partial charge is 0.444 e. The normalized spacial score (nSPS) is 16.9. The van der Waals surface area contributed by atoms with Crippen LogP contribution in [0.1, 0.15) is 33.6 Å². The second-order valence-electron chi connectivity index (χ2n) is 8.91. The predicted molar refractivity (Wildman–Crippen MR) is 118 cm³/mol. The second kappa shape index (κ2) is 11.9. The number of amides is 3. The number of hydrogen-bond donors (Lipinski definition) is 3. The van der Waals surface area contributed by atoms with Gasteiger partial charge in [0, 0.05) is 25.3 Å². The maximum Gasteiger partial charge on any atom is 0.573 e. The zero-order valence-electron chi connectivity index (χ0n) is 19.5. The van der Waals surface area contributed by atoms with E-state index in [1.165, 1.54) is 12.1 Å². The van der Waals surface area contributed by atoms with Gasteiger partial charge in [-0.05, 0) is 64.4 Å². The van der Waals surface area contributed by atoms with Crippen molar-refractivity contribution in [2.24, 2.45) is 5.92 Å². The van der Waals surface area contributed by atoms with Crippen molar-refractivity contribution in [3.05, 3.63) is 24.3 Å². The zero-order chi connectivity index (χ0) is 25.4. The molecule has 0 saturated carbocycles. The van der Waals surface area contributed by atoms with Crippen LogP contribution in [0.3, 0.4) is 0 Å². The lowest BCUT2D eigenvalue weighted by Crippen LogP contribution is -2.46. The van der Waals surface area contributed by atoms with Gasteiger partial charge < -0.3 is 25.4 Å². The standard InChI is InChI=1S/C22H31F3N4O5/c1-21(2,3)34-20(32)27-11-10-26-19(31)15-5-4-12-29(13-15)14-18(30)28-16-6-8-17(9-7-16)33-22(23,24)25/h6-9,15H,4-5,10-14H2,1-3H3,(H,26,31)(H,27,32)(H,28,30). The predicted octanol–water partition coefficient (Wildman–Crippen LogP) is 2.88. The highest BCUT2D eigenvalue weighted by Gasteiger charge is 2.31. The number of rotatable bonds is 8. The van der Waals surface area contributed by atoms with Gasteiger partial charge in [-0.15, -0.1) is 13.2 Å². The first kappa shape index (κ1) is 27.2. The highest BCUT2D eigenvalue weighted by atomic mass is 19.4. The monoisotopic (exact) mass is 488 g/mol. The largest absolute Gasteiger partial charge is 0.573 e. The van der Waals surface area contributed by atoms with Crippen LogP contribution >= 0.6 is 0 Å². The van der Waals surface area contributed by atoms with Gasteiger partial charge in [0.05, 0.1) is 12.5 Å². The topological polar surface area (TPSA) is 109 Å². The Morgan fingerprint density at radius 1 is 1.06 bits per heavy atom. The van der Waals surface area contributed by atoms with E-state index in [1.807, 2.05) is 4.90 Å². The van der Waals surface area contributed by atoms with E-state index in [0.717, 1.165) is 18.6 Å². The molecule has 2 rings (SSSR count). The van der Waals surface area contributed by atoms with Gasteiger partial charge >= 0.3 is 12.5 Å². The minimum atomic E-state index is -4.78. The van der Waals surface area contributed by atoms with Gasteiger partial charge in [-0.1, -0.05) is 0 Å². The van der Waals surface area contributed by atoms with Crippen molar-refractivity contribution in [1.29, 1.82) is 0 Å². The lowest BCUT2D eigenvalue weighted by Gasteiger charge is -2.31. The van der Waals surface area contributed by atoms with Gasteiger partial charge in [-0.3, -0.25) is 14.5 Å². The molecule has 1 aromatic rings. The molecule has 1 heterocycles. The summed E-state index contributed by atoms with van der Waals surface area (Å²) >= 11 is 0. The molecule has 0 aromatic heterocycles. The molecule has 1 aromatic carbocycles. The summed E-state index contributed by atoms with van der Waals surface area (Å²) in [6, 6.07) is 4.86. The molecule has 3 amide bonds. The minimum absolute atomic E-state index is 0.0464. The molecule has 190 valence electrons. The van der Waals surface area contributed by atoms with Crippen LogP contribution in [0.2, 0.25) is 0 Å². The summed E-state index contributed by atoms with van der Waals surface area (Å²) in [7, 11) is 0. The van der Waals surface area contributed by atoms with E-state index in [9.17, 15) is 27.6 Å². The molecule has 1 saturated heterocycles. The first-order valence-electron chi connectivity index (χ1n) is 10.9. The molecule has 1 fully saturated rings.